The van der Waals surface area contributed by atoms with Crippen LogP contribution in [0.15, 0.2) is 23.3 Å². The van der Waals surface area contributed by atoms with Gasteiger partial charge in [0.2, 0.25) is 5.79 Å². The van der Waals surface area contributed by atoms with Crippen LogP contribution in [0, 0.1) is 35.5 Å². The lowest BCUT2D eigenvalue weighted by molar-refractivity contribution is -0.265. The van der Waals surface area contributed by atoms with Crippen LogP contribution in [0.25, 0.3) is 0 Å². The number of Topliss-reactive ketones (excluding diaryl/α,β-unsaturated/α-hetero) is 3. The molecule has 2 bridgehead atoms. The number of nitrogens with zero attached hydrogens (tertiary/aromatic N) is 2. The van der Waals surface area contributed by atoms with Crippen molar-refractivity contribution in [1.82, 2.24) is 9.96 Å². The van der Waals surface area contributed by atoms with Crippen molar-refractivity contribution in [2.75, 3.05) is 42.0 Å². The van der Waals surface area contributed by atoms with Crippen molar-refractivity contribution in [3.05, 3.63) is 23.3 Å². The minimum Gasteiger partial charge on any atom is -0.460 e. The molecule has 0 unspecified atom stereocenters. The van der Waals surface area contributed by atoms with E-state index in [0.29, 0.717) is 69.8 Å². The van der Waals surface area contributed by atoms with Crippen LogP contribution in [0.1, 0.15) is 151 Å². The van der Waals surface area contributed by atoms with Crippen LogP contribution in [-0.2, 0) is 57.2 Å². The number of allylic oxidation sites excluding steroid dienone is 2. The fraction of sp³-hybridized carbons (Fsp3) is 0.815. The number of methoxy groups -OCH3 is 3. The lowest BCUT2D eigenvalue weighted by atomic mass is 9.78. The fourth-order valence-corrected chi connectivity index (χ4v) is 11.1. The molecule has 1 aliphatic carbocycles. The van der Waals surface area contributed by atoms with Crippen LogP contribution in [-0.4, -0.2) is 152 Å². The number of hydrogen-bond donors (Lipinski definition) is 2. The second-order valence-corrected chi connectivity index (χ2v) is 21.3. The highest BCUT2D eigenvalue weighted by Gasteiger charge is 2.53. The van der Waals surface area contributed by atoms with E-state index in [4.69, 9.17) is 33.3 Å². The summed E-state index contributed by atoms with van der Waals surface area (Å²) in [6, 6.07) is -1.16. The Kier molecular flexibility index (Phi) is 23.8. The molecule has 0 aromatic rings. The van der Waals surface area contributed by atoms with Crippen molar-refractivity contribution in [3.63, 3.8) is 0 Å². The first-order valence-corrected chi connectivity index (χ1v) is 26.2. The Morgan fingerprint density at radius 1 is 0.859 bits per heavy atom. The molecule has 0 spiro atoms. The fourth-order valence-electron chi connectivity index (χ4n) is 11.1. The molecule has 1 saturated carbocycles. The van der Waals surface area contributed by atoms with Gasteiger partial charge >= 0.3 is 12.1 Å². The number of ether oxygens (including phenoxy) is 6. The number of carbonyl (C=O) groups is 6. The molecule has 2 N–H and O–H groups in total. The third-order valence-electron chi connectivity index (χ3n) is 15.9. The molecule has 3 fully saturated rings. The van der Waals surface area contributed by atoms with Crippen molar-refractivity contribution in [2.24, 2.45) is 35.5 Å². The molecule has 4 aliphatic rings. The lowest BCUT2D eigenvalue weighted by Crippen LogP contribution is -2.61. The molecule has 15 atom stereocenters. The van der Waals surface area contributed by atoms with Crippen molar-refractivity contribution < 1.29 is 72.2 Å². The van der Waals surface area contributed by atoms with Gasteiger partial charge in [-0.25, -0.2) is 9.59 Å². The van der Waals surface area contributed by atoms with E-state index in [-0.39, 0.29) is 54.8 Å². The summed E-state index contributed by atoms with van der Waals surface area (Å²) in [6.45, 7) is 13.0. The number of piperidine rings is 1. The van der Waals surface area contributed by atoms with Crippen molar-refractivity contribution in [2.45, 2.75) is 206 Å². The van der Waals surface area contributed by atoms with Gasteiger partial charge in [-0.2, -0.15) is 5.06 Å². The molecule has 2 saturated heterocycles. The van der Waals surface area contributed by atoms with E-state index in [1.807, 2.05) is 20.8 Å². The maximum atomic E-state index is 14.5. The predicted molar refractivity (Wildman–Crippen MR) is 264 cm³/mol. The van der Waals surface area contributed by atoms with Crippen LogP contribution in [0.3, 0.4) is 0 Å². The second kappa shape index (κ2) is 28.2. The number of aliphatic hydroxyl groups excluding tert-OH is 1. The molecule has 0 aromatic carbocycles. The molecule has 0 radical (unpaired) electrons. The Morgan fingerprint density at radius 3 is 2.23 bits per heavy atom. The summed E-state index contributed by atoms with van der Waals surface area (Å²) >= 11 is 0. The summed E-state index contributed by atoms with van der Waals surface area (Å²) in [5.41, 5.74) is 1.38. The van der Waals surface area contributed by atoms with E-state index in [2.05, 4.69) is 13.0 Å². The van der Waals surface area contributed by atoms with Crippen molar-refractivity contribution in [1.29, 1.82) is 0 Å². The Hall–Kier alpha value is -3.58. The van der Waals surface area contributed by atoms with Crippen LogP contribution < -0.4 is 0 Å². The Labute approximate surface area is 423 Å². The zero-order valence-electron chi connectivity index (χ0n) is 44.9. The first kappa shape index (κ1) is 60.0. The molecule has 4 rings (SSSR count). The zero-order chi connectivity index (χ0) is 52.7. The average Bonchev–Trinajstić information content (AvgIpc) is 3.35. The molecule has 3 heterocycles. The van der Waals surface area contributed by atoms with Crippen LogP contribution in [0.5, 0.6) is 0 Å². The number of rotatable bonds is 8. The number of ketones is 3. The quantitative estimate of drug-likeness (QED) is 0.106. The Bertz CT molecular complexity index is 1860. The Balaban J connectivity index is 1.67. The largest absolute Gasteiger partial charge is 0.460 e. The van der Waals surface area contributed by atoms with E-state index < -0.39 is 90.0 Å². The van der Waals surface area contributed by atoms with E-state index in [1.54, 1.807) is 41.1 Å². The maximum absolute atomic E-state index is 14.5. The van der Waals surface area contributed by atoms with Crippen LogP contribution in [0.2, 0.25) is 0 Å². The number of carbonyl (C=O) groups excluding carboxylic acids is 6. The van der Waals surface area contributed by atoms with E-state index in [9.17, 15) is 39.0 Å². The van der Waals surface area contributed by atoms with Crippen molar-refractivity contribution >= 4 is 35.3 Å². The third kappa shape index (κ3) is 16.2. The summed E-state index contributed by atoms with van der Waals surface area (Å²) < 4.78 is 35.5. The highest BCUT2D eigenvalue weighted by Crippen LogP contribution is 2.38. The van der Waals surface area contributed by atoms with E-state index in [1.165, 1.54) is 26.2 Å². The van der Waals surface area contributed by atoms with E-state index in [0.717, 1.165) is 36.3 Å². The number of cyclic esters (lactones) is 1. The third-order valence-corrected chi connectivity index (χ3v) is 15.9. The van der Waals surface area contributed by atoms with Crippen LogP contribution >= 0.6 is 0 Å². The average molecular weight is 1010 g/mol. The molecule has 3 aliphatic heterocycles. The number of hydroxylamine groups is 2. The lowest BCUT2D eigenvalue weighted by Gasteiger charge is -2.42. The summed E-state index contributed by atoms with van der Waals surface area (Å²) in [7, 11) is 7.37. The van der Waals surface area contributed by atoms with Gasteiger partial charge in [-0.05, 0) is 120 Å². The zero-order valence-corrected chi connectivity index (χ0v) is 44.9. The van der Waals surface area contributed by atoms with Gasteiger partial charge in [0, 0.05) is 65.5 Å². The van der Waals surface area contributed by atoms with Gasteiger partial charge in [-0.1, -0.05) is 59.6 Å². The summed E-state index contributed by atoms with van der Waals surface area (Å²) in [5.74, 6) is -7.85. The number of fused-ring (bicyclic) bond motifs is 3. The molecular weight excluding hydrogens is 917 g/mol. The van der Waals surface area contributed by atoms with Gasteiger partial charge in [-0.15, -0.1) is 0 Å². The standard InChI is InChI=1S/C54H88N2O15/c1-32-18-14-13-15-19-33(2)44(65-9)30-40-23-21-38(7)54(64,71-40)50(60)51(61)56-25-17-16-20-41(56)52(62)69-45(31-42(57)34(3)27-37(6)48(59)49(67-11)47(58)36(5)26-32)35(4)28-39-22-24-43(46(29-39)66-10)70-53(63)55(8)68-12/h19,27,32,34-36,38-41,43-46,48-49,59,64H,13-18,20-26,28-31H2,1-12H3/b33-19+,37-27+/t32-,34-,35-,36-,38-,39+,40+,41+,43-,44+,45+,46-,48-,49+,54-/m1/s1. The van der Waals surface area contributed by atoms with Gasteiger partial charge in [0.15, 0.2) is 5.78 Å². The van der Waals surface area contributed by atoms with Gasteiger partial charge in [0.05, 0.1) is 25.4 Å². The van der Waals surface area contributed by atoms with Gasteiger partial charge in [-0.3, -0.25) is 24.0 Å². The van der Waals surface area contributed by atoms with Gasteiger partial charge in [0.25, 0.3) is 11.7 Å². The monoisotopic (exact) mass is 1000 g/mol. The smallest absolute Gasteiger partial charge is 0.434 e. The van der Waals surface area contributed by atoms with Gasteiger partial charge < -0.3 is 43.5 Å². The molecule has 71 heavy (non-hydrogen) atoms. The molecular formula is C54H88N2O15. The number of esters is 1. The first-order chi connectivity index (χ1) is 33.6. The number of hydrogen-bond acceptors (Lipinski definition) is 15. The van der Waals surface area contributed by atoms with Gasteiger partial charge in [0.1, 0.15) is 36.2 Å². The normalized spacial score (nSPS) is 37.4. The molecule has 17 nitrogen and oxygen atoms in total. The SMILES string of the molecule is CO[C@H]1C[C@@H]2CC[C@@H](C)[C@@](O)(O2)C(=O)C(=O)N2CCCC[C@H]2C(=O)O[C@H]([C@H](C)C[C@@H]2CC[C@@H](OC(=O)N(C)OC)[C@H](OC)C2)CC(=O)[C@H](C)/C=C(\C)[C@@H](O)[C@@H](OC)C(=O)[C@H](C)C[C@H](C)CCCC/C=C/1C. The van der Waals surface area contributed by atoms with Crippen LogP contribution in [0.4, 0.5) is 4.79 Å². The predicted octanol–water partition coefficient (Wildman–Crippen LogP) is 7.27. The molecule has 404 valence electrons. The minimum absolute atomic E-state index is 0.0313. The summed E-state index contributed by atoms with van der Waals surface area (Å²) in [5, 5.41) is 24.5. The topological polar surface area (TPSA) is 214 Å². The number of amides is 2. The first-order valence-electron chi connectivity index (χ1n) is 26.2. The highest BCUT2D eigenvalue weighted by atomic mass is 16.7. The molecule has 0 aromatic heterocycles. The summed E-state index contributed by atoms with van der Waals surface area (Å²) in [4.78, 5) is 90.0. The minimum atomic E-state index is -2.43. The summed E-state index contributed by atoms with van der Waals surface area (Å²) in [6.07, 6.45) is 6.57. The maximum Gasteiger partial charge on any atom is 0.434 e. The Morgan fingerprint density at radius 2 is 1.56 bits per heavy atom. The van der Waals surface area contributed by atoms with E-state index >= 15 is 0 Å². The molecule has 17 heteroatoms. The second-order valence-electron chi connectivity index (χ2n) is 21.3. The highest BCUT2D eigenvalue weighted by molar-refractivity contribution is 6.39. The number of aliphatic hydroxyl groups is 2. The molecule has 2 amide bonds. The van der Waals surface area contributed by atoms with Crippen molar-refractivity contribution in [3.8, 4) is 0 Å².